The van der Waals surface area contributed by atoms with Crippen LogP contribution in [0.15, 0.2) is 5.16 Å². The van der Waals surface area contributed by atoms with E-state index in [4.69, 9.17) is 5.21 Å². The zero-order valence-electron chi connectivity index (χ0n) is 7.10. The Kier molecular flexibility index (Phi) is 3.04. The second kappa shape index (κ2) is 4.06. The molecule has 0 aromatic heterocycles. The molecule has 1 heterocycles. The minimum absolute atomic E-state index is 0.217. The Morgan fingerprint density at radius 2 is 2.00 bits per heavy atom. The number of nitrogens with zero attached hydrogens (tertiary/aromatic N) is 3. The van der Waals surface area contributed by atoms with Crippen LogP contribution < -0.4 is 0 Å². The summed E-state index contributed by atoms with van der Waals surface area (Å²) >= 11 is 0. The lowest BCUT2D eigenvalue weighted by atomic mass is 10.3. The molecule has 68 valence electrons. The van der Waals surface area contributed by atoms with E-state index in [1.54, 1.807) is 4.90 Å². The summed E-state index contributed by atoms with van der Waals surface area (Å²) in [6.07, 6.45) is 0.936. The van der Waals surface area contributed by atoms with Gasteiger partial charge >= 0.3 is 0 Å². The molecule has 1 fully saturated rings. The SMILES string of the molecule is CN1CCN(C(=O)/C=N/O)CC1. The molecule has 0 saturated carbocycles. The second-order valence-electron chi connectivity index (χ2n) is 2.87. The predicted molar refractivity (Wildman–Crippen MR) is 44.4 cm³/mol. The highest BCUT2D eigenvalue weighted by atomic mass is 16.4. The molecular weight excluding hydrogens is 158 g/mol. The maximum absolute atomic E-state index is 11.1. The van der Waals surface area contributed by atoms with E-state index in [-0.39, 0.29) is 5.91 Å². The van der Waals surface area contributed by atoms with Crippen molar-refractivity contribution in [3.63, 3.8) is 0 Å². The van der Waals surface area contributed by atoms with E-state index in [1.165, 1.54) is 0 Å². The highest BCUT2D eigenvalue weighted by Gasteiger charge is 2.17. The highest BCUT2D eigenvalue weighted by molar-refractivity contribution is 6.25. The molecule has 5 heteroatoms. The summed E-state index contributed by atoms with van der Waals surface area (Å²) in [5.74, 6) is -0.217. The van der Waals surface area contributed by atoms with Crippen LogP contribution in [0.5, 0.6) is 0 Å². The molecule has 0 aromatic rings. The van der Waals surface area contributed by atoms with Crippen LogP contribution in [0, 0.1) is 0 Å². The van der Waals surface area contributed by atoms with E-state index in [0.717, 1.165) is 19.3 Å². The van der Waals surface area contributed by atoms with E-state index in [0.29, 0.717) is 13.1 Å². The lowest BCUT2D eigenvalue weighted by Crippen LogP contribution is -2.47. The van der Waals surface area contributed by atoms with E-state index in [1.807, 2.05) is 7.05 Å². The van der Waals surface area contributed by atoms with Gasteiger partial charge in [0.05, 0.1) is 0 Å². The summed E-state index contributed by atoms with van der Waals surface area (Å²) in [6.45, 7) is 3.18. The molecule has 1 N–H and O–H groups in total. The van der Waals surface area contributed by atoms with Crippen LogP contribution in [0.2, 0.25) is 0 Å². The Morgan fingerprint density at radius 3 is 2.50 bits per heavy atom. The van der Waals surface area contributed by atoms with Gasteiger partial charge in [0.2, 0.25) is 0 Å². The molecular formula is C7H13N3O2. The smallest absolute Gasteiger partial charge is 0.268 e. The molecule has 0 aromatic carbocycles. The molecule has 0 bridgehead atoms. The number of hydrogen-bond donors (Lipinski definition) is 1. The molecule has 0 unspecified atom stereocenters. The molecule has 1 amide bonds. The molecule has 1 saturated heterocycles. The van der Waals surface area contributed by atoms with Crippen molar-refractivity contribution >= 4 is 12.1 Å². The van der Waals surface area contributed by atoms with Crippen molar-refractivity contribution in [2.75, 3.05) is 33.2 Å². The van der Waals surface area contributed by atoms with Crippen molar-refractivity contribution in [1.82, 2.24) is 9.80 Å². The van der Waals surface area contributed by atoms with Crippen molar-refractivity contribution in [3.8, 4) is 0 Å². The molecule has 0 aliphatic carbocycles. The van der Waals surface area contributed by atoms with Crippen LogP contribution in [0.4, 0.5) is 0 Å². The zero-order chi connectivity index (χ0) is 8.97. The Labute approximate surface area is 71.2 Å². The zero-order valence-corrected chi connectivity index (χ0v) is 7.10. The lowest BCUT2D eigenvalue weighted by Gasteiger charge is -2.31. The number of piperazine rings is 1. The van der Waals surface area contributed by atoms with Crippen molar-refractivity contribution in [1.29, 1.82) is 0 Å². The van der Waals surface area contributed by atoms with Gasteiger partial charge in [0.25, 0.3) is 5.91 Å². The summed E-state index contributed by atoms with van der Waals surface area (Å²) in [6, 6.07) is 0. The largest absolute Gasteiger partial charge is 0.411 e. The van der Waals surface area contributed by atoms with Gasteiger partial charge < -0.3 is 15.0 Å². The first-order chi connectivity index (χ1) is 5.74. The fraction of sp³-hybridized carbons (Fsp3) is 0.714. The Bertz CT molecular complexity index is 185. The van der Waals surface area contributed by atoms with Crippen LogP contribution in [-0.2, 0) is 4.79 Å². The Balaban J connectivity index is 2.39. The van der Waals surface area contributed by atoms with E-state index < -0.39 is 0 Å². The van der Waals surface area contributed by atoms with Gasteiger partial charge in [0, 0.05) is 26.2 Å². The van der Waals surface area contributed by atoms with Crippen LogP contribution in [0.25, 0.3) is 0 Å². The Morgan fingerprint density at radius 1 is 1.42 bits per heavy atom. The second-order valence-corrected chi connectivity index (χ2v) is 2.87. The average Bonchev–Trinajstić information content (AvgIpc) is 2.06. The number of hydrogen-bond acceptors (Lipinski definition) is 4. The van der Waals surface area contributed by atoms with Gasteiger partial charge in [0.15, 0.2) is 0 Å². The molecule has 0 spiro atoms. The molecule has 1 aliphatic heterocycles. The fourth-order valence-corrected chi connectivity index (χ4v) is 1.16. The molecule has 1 aliphatic rings. The maximum Gasteiger partial charge on any atom is 0.268 e. The number of likely N-dealkylation sites (N-methyl/N-ethyl adjacent to an activating group) is 1. The van der Waals surface area contributed by atoms with Gasteiger partial charge in [-0.3, -0.25) is 4.79 Å². The van der Waals surface area contributed by atoms with Crippen molar-refractivity contribution in [2.24, 2.45) is 5.16 Å². The summed E-state index contributed by atoms with van der Waals surface area (Å²) < 4.78 is 0. The number of rotatable bonds is 1. The van der Waals surface area contributed by atoms with E-state index >= 15 is 0 Å². The number of carbonyl (C=O) groups excluding carboxylic acids is 1. The van der Waals surface area contributed by atoms with E-state index in [9.17, 15) is 4.79 Å². The van der Waals surface area contributed by atoms with Gasteiger partial charge in [-0.25, -0.2) is 0 Å². The van der Waals surface area contributed by atoms with Gasteiger partial charge in [-0.15, -0.1) is 0 Å². The monoisotopic (exact) mass is 171 g/mol. The third-order valence-corrected chi connectivity index (χ3v) is 1.98. The fourth-order valence-electron chi connectivity index (χ4n) is 1.16. The maximum atomic E-state index is 11.1. The molecule has 0 radical (unpaired) electrons. The topological polar surface area (TPSA) is 56.1 Å². The first kappa shape index (κ1) is 8.99. The van der Waals surface area contributed by atoms with Crippen LogP contribution in [0.3, 0.4) is 0 Å². The number of amides is 1. The third-order valence-electron chi connectivity index (χ3n) is 1.98. The van der Waals surface area contributed by atoms with Gasteiger partial charge in [-0.05, 0) is 7.05 Å². The lowest BCUT2D eigenvalue weighted by molar-refractivity contribution is -0.125. The van der Waals surface area contributed by atoms with E-state index in [2.05, 4.69) is 10.1 Å². The summed E-state index contributed by atoms with van der Waals surface area (Å²) in [5, 5.41) is 10.8. The van der Waals surface area contributed by atoms with Crippen LogP contribution >= 0.6 is 0 Å². The standard InChI is InChI=1S/C7H13N3O2/c1-9-2-4-10(5-3-9)7(11)6-8-12/h6,12H,2-5H2,1H3/b8-6+. The normalized spacial score (nSPS) is 20.2. The Hall–Kier alpha value is -1.10. The van der Waals surface area contributed by atoms with Gasteiger partial charge in [-0.1, -0.05) is 5.16 Å². The van der Waals surface area contributed by atoms with Crippen LogP contribution in [0.1, 0.15) is 0 Å². The van der Waals surface area contributed by atoms with Crippen LogP contribution in [-0.4, -0.2) is 60.4 Å². The summed E-state index contributed by atoms with van der Waals surface area (Å²) in [4.78, 5) is 14.9. The quantitative estimate of drug-likeness (QED) is 0.320. The molecule has 12 heavy (non-hydrogen) atoms. The number of oxime groups is 1. The minimum Gasteiger partial charge on any atom is -0.411 e. The molecule has 0 atom stereocenters. The van der Waals surface area contributed by atoms with Crippen molar-refractivity contribution < 1.29 is 10.0 Å². The molecule has 1 rings (SSSR count). The summed E-state index contributed by atoms with van der Waals surface area (Å²) in [5.41, 5.74) is 0. The third kappa shape index (κ3) is 2.20. The first-order valence-corrected chi connectivity index (χ1v) is 3.89. The minimum atomic E-state index is -0.217. The molecule has 5 nitrogen and oxygen atoms in total. The highest BCUT2D eigenvalue weighted by Crippen LogP contribution is 1.97. The van der Waals surface area contributed by atoms with Crippen molar-refractivity contribution in [2.45, 2.75) is 0 Å². The summed E-state index contributed by atoms with van der Waals surface area (Å²) in [7, 11) is 2.02. The van der Waals surface area contributed by atoms with Crippen molar-refractivity contribution in [3.05, 3.63) is 0 Å². The average molecular weight is 171 g/mol. The number of carbonyl (C=O) groups is 1. The predicted octanol–water partition coefficient (Wildman–Crippen LogP) is -0.780. The first-order valence-electron chi connectivity index (χ1n) is 3.89. The van der Waals surface area contributed by atoms with Gasteiger partial charge in [0.1, 0.15) is 6.21 Å². The van der Waals surface area contributed by atoms with Gasteiger partial charge in [-0.2, -0.15) is 0 Å².